The van der Waals surface area contributed by atoms with Crippen molar-refractivity contribution in [1.29, 1.82) is 0 Å². The van der Waals surface area contributed by atoms with Crippen molar-refractivity contribution in [2.75, 3.05) is 30.5 Å². The molecule has 1 aliphatic heterocycles. The van der Waals surface area contributed by atoms with Crippen LogP contribution in [0.15, 0.2) is 12.4 Å². The van der Waals surface area contributed by atoms with Crippen LogP contribution < -0.4 is 9.64 Å². The molecular formula is C13H20ClN3O2. The summed E-state index contributed by atoms with van der Waals surface area (Å²) in [6.45, 7) is 6.20. The summed E-state index contributed by atoms with van der Waals surface area (Å²) in [4.78, 5) is 10.9. The highest BCUT2D eigenvalue weighted by Gasteiger charge is 2.26. The maximum Gasteiger partial charge on any atom is 0.234 e. The van der Waals surface area contributed by atoms with Gasteiger partial charge in [0.25, 0.3) is 0 Å². The van der Waals surface area contributed by atoms with E-state index in [2.05, 4.69) is 28.7 Å². The van der Waals surface area contributed by atoms with E-state index >= 15 is 0 Å². The molecule has 2 rings (SSSR count). The Labute approximate surface area is 118 Å². The van der Waals surface area contributed by atoms with Gasteiger partial charge in [0.1, 0.15) is 0 Å². The van der Waals surface area contributed by atoms with Gasteiger partial charge >= 0.3 is 0 Å². The Morgan fingerprint density at radius 1 is 1.53 bits per heavy atom. The number of hydrogen-bond donors (Lipinski definition) is 0. The standard InChI is InChI=1S/C13H20ClN3O2/c1-3-4-18-13-7-15-6-12(16-13)17-8-11(5-14)19-9-10(17)2/h6-7,10-11H,3-5,8-9H2,1-2H3. The minimum absolute atomic E-state index is 0.0416. The monoisotopic (exact) mass is 285 g/mol. The summed E-state index contributed by atoms with van der Waals surface area (Å²) in [5.41, 5.74) is 0. The van der Waals surface area contributed by atoms with E-state index < -0.39 is 0 Å². The van der Waals surface area contributed by atoms with Gasteiger partial charge in [-0.05, 0) is 13.3 Å². The van der Waals surface area contributed by atoms with Crippen molar-refractivity contribution >= 4 is 17.4 Å². The quantitative estimate of drug-likeness (QED) is 0.776. The molecule has 1 saturated heterocycles. The summed E-state index contributed by atoms with van der Waals surface area (Å²) in [6, 6.07) is 0.259. The lowest BCUT2D eigenvalue weighted by atomic mass is 10.2. The number of aromatic nitrogens is 2. The van der Waals surface area contributed by atoms with E-state index in [-0.39, 0.29) is 12.1 Å². The second-order valence-corrected chi connectivity index (χ2v) is 4.98. The van der Waals surface area contributed by atoms with E-state index in [9.17, 15) is 0 Å². The zero-order chi connectivity index (χ0) is 13.7. The van der Waals surface area contributed by atoms with Crippen molar-refractivity contribution in [3.63, 3.8) is 0 Å². The third kappa shape index (κ3) is 3.70. The van der Waals surface area contributed by atoms with Crippen LogP contribution in [0.25, 0.3) is 0 Å². The Balaban J connectivity index is 2.10. The number of ether oxygens (including phenoxy) is 2. The molecule has 1 aromatic heterocycles. The first-order chi connectivity index (χ1) is 9.24. The number of anilines is 1. The highest BCUT2D eigenvalue weighted by molar-refractivity contribution is 6.18. The van der Waals surface area contributed by atoms with E-state index in [0.29, 0.717) is 25.0 Å². The molecule has 0 aromatic carbocycles. The lowest BCUT2D eigenvalue weighted by Crippen LogP contribution is -2.49. The molecule has 0 radical (unpaired) electrons. The first-order valence-corrected chi connectivity index (χ1v) is 7.17. The molecule has 5 nitrogen and oxygen atoms in total. The number of rotatable bonds is 5. The van der Waals surface area contributed by atoms with Gasteiger partial charge in [0.2, 0.25) is 5.88 Å². The fourth-order valence-electron chi connectivity index (χ4n) is 1.98. The van der Waals surface area contributed by atoms with Crippen molar-refractivity contribution in [2.24, 2.45) is 0 Å². The summed E-state index contributed by atoms with van der Waals surface area (Å²) in [7, 11) is 0. The molecule has 1 aliphatic rings. The third-order valence-corrected chi connectivity index (χ3v) is 3.37. The molecule has 1 fully saturated rings. The number of morpholine rings is 1. The molecule has 2 heterocycles. The van der Waals surface area contributed by atoms with Gasteiger partial charge in [0.05, 0.1) is 43.6 Å². The van der Waals surface area contributed by atoms with Gasteiger partial charge in [-0.25, -0.2) is 0 Å². The van der Waals surface area contributed by atoms with E-state index in [4.69, 9.17) is 21.1 Å². The molecule has 19 heavy (non-hydrogen) atoms. The molecule has 0 amide bonds. The Morgan fingerprint density at radius 3 is 3.11 bits per heavy atom. The lowest BCUT2D eigenvalue weighted by Gasteiger charge is -2.38. The van der Waals surface area contributed by atoms with Gasteiger partial charge < -0.3 is 14.4 Å². The topological polar surface area (TPSA) is 47.5 Å². The van der Waals surface area contributed by atoms with Crippen LogP contribution in [0, 0.1) is 0 Å². The average Bonchev–Trinajstić information content (AvgIpc) is 2.46. The zero-order valence-corrected chi connectivity index (χ0v) is 12.1. The van der Waals surface area contributed by atoms with Crippen LogP contribution >= 0.6 is 11.6 Å². The van der Waals surface area contributed by atoms with Crippen LogP contribution in [-0.2, 0) is 4.74 Å². The number of alkyl halides is 1. The maximum atomic E-state index is 5.87. The fourth-order valence-corrected chi connectivity index (χ4v) is 2.17. The molecule has 2 atom stereocenters. The molecular weight excluding hydrogens is 266 g/mol. The normalized spacial score (nSPS) is 23.4. The molecule has 106 valence electrons. The van der Waals surface area contributed by atoms with Crippen molar-refractivity contribution < 1.29 is 9.47 Å². The predicted octanol–water partition coefficient (Wildman–Crippen LogP) is 2.10. The van der Waals surface area contributed by atoms with Gasteiger partial charge in [-0.1, -0.05) is 6.92 Å². The smallest absolute Gasteiger partial charge is 0.234 e. The average molecular weight is 286 g/mol. The number of nitrogens with zero attached hydrogens (tertiary/aromatic N) is 3. The van der Waals surface area contributed by atoms with E-state index in [1.54, 1.807) is 12.4 Å². The van der Waals surface area contributed by atoms with Crippen molar-refractivity contribution in [1.82, 2.24) is 9.97 Å². The highest BCUT2D eigenvalue weighted by Crippen LogP contribution is 2.21. The third-order valence-electron chi connectivity index (χ3n) is 3.03. The molecule has 0 saturated carbocycles. The summed E-state index contributed by atoms with van der Waals surface area (Å²) >= 11 is 5.87. The van der Waals surface area contributed by atoms with Gasteiger partial charge in [-0.15, -0.1) is 11.6 Å². The van der Waals surface area contributed by atoms with Crippen molar-refractivity contribution in [3.05, 3.63) is 12.4 Å². The molecule has 0 bridgehead atoms. The minimum atomic E-state index is 0.0416. The van der Waals surface area contributed by atoms with E-state index in [0.717, 1.165) is 18.8 Å². The first-order valence-electron chi connectivity index (χ1n) is 6.63. The summed E-state index contributed by atoms with van der Waals surface area (Å²) in [5.74, 6) is 1.88. The Morgan fingerprint density at radius 2 is 2.37 bits per heavy atom. The van der Waals surface area contributed by atoms with Crippen LogP contribution in [0.3, 0.4) is 0 Å². The first kappa shape index (κ1) is 14.3. The van der Waals surface area contributed by atoms with Crippen molar-refractivity contribution in [2.45, 2.75) is 32.4 Å². The minimum Gasteiger partial charge on any atom is -0.477 e. The van der Waals surface area contributed by atoms with Crippen LogP contribution in [0.4, 0.5) is 5.82 Å². The summed E-state index contributed by atoms with van der Waals surface area (Å²) < 4.78 is 11.2. The molecule has 2 unspecified atom stereocenters. The Bertz CT molecular complexity index is 405. The van der Waals surface area contributed by atoms with Gasteiger partial charge in [-0.3, -0.25) is 4.98 Å². The van der Waals surface area contributed by atoms with Crippen LogP contribution in [-0.4, -0.2) is 47.8 Å². The van der Waals surface area contributed by atoms with E-state index in [1.807, 2.05) is 0 Å². The second kappa shape index (κ2) is 6.91. The molecule has 0 spiro atoms. The highest BCUT2D eigenvalue weighted by atomic mass is 35.5. The summed E-state index contributed by atoms with van der Waals surface area (Å²) in [6.07, 6.45) is 4.39. The largest absolute Gasteiger partial charge is 0.477 e. The molecule has 0 N–H and O–H groups in total. The number of hydrogen-bond acceptors (Lipinski definition) is 5. The second-order valence-electron chi connectivity index (χ2n) is 4.67. The maximum absolute atomic E-state index is 5.87. The fraction of sp³-hybridized carbons (Fsp3) is 0.692. The molecule has 1 aromatic rings. The zero-order valence-electron chi connectivity index (χ0n) is 11.4. The number of halogens is 1. The van der Waals surface area contributed by atoms with Crippen LogP contribution in [0.1, 0.15) is 20.3 Å². The predicted molar refractivity (Wildman–Crippen MR) is 75.1 cm³/mol. The lowest BCUT2D eigenvalue weighted by molar-refractivity contribution is 0.0360. The van der Waals surface area contributed by atoms with E-state index in [1.165, 1.54) is 0 Å². The van der Waals surface area contributed by atoms with Gasteiger partial charge in [0, 0.05) is 6.54 Å². The van der Waals surface area contributed by atoms with Crippen molar-refractivity contribution in [3.8, 4) is 5.88 Å². The van der Waals surface area contributed by atoms with Gasteiger partial charge in [-0.2, -0.15) is 4.98 Å². The van der Waals surface area contributed by atoms with Crippen LogP contribution in [0.5, 0.6) is 5.88 Å². The Kier molecular flexibility index (Phi) is 5.22. The van der Waals surface area contributed by atoms with Gasteiger partial charge in [0.15, 0.2) is 5.82 Å². The molecule has 6 heteroatoms. The van der Waals surface area contributed by atoms with Crippen LogP contribution in [0.2, 0.25) is 0 Å². The Hall–Kier alpha value is -1.07. The SMILES string of the molecule is CCCOc1cncc(N2CC(CCl)OCC2C)n1. The molecule has 0 aliphatic carbocycles. The summed E-state index contributed by atoms with van der Waals surface area (Å²) in [5, 5.41) is 0.